The van der Waals surface area contributed by atoms with Crippen molar-refractivity contribution in [2.24, 2.45) is 0 Å². The first kappa shape index (κ1) is 16.2. The van der Waals surface area contributed by atoms with Crippen LogP contribution in [0.15, 0.2) is 59.4 Å². The number of aromatic amines is 1. The van der Waals surface area contributed by atoms with Crippen molar-refractivity contribution in [1.82, 2.24) is 10.3 Å². The Balaban J connectivity index is 1.77. The lowest BCUT2D eigenvalue weighted by atomic mass is 10.1. The number of aromatic nitrogens is 1. The van der Waals surface area contributed by atoms with Crippen LogP contribution >= 0.6 is 11.6 Å². The molecule has 0 spiro atoms. The molecule has 122 valence electrons. The molecule has 3 N–H and O–H groups in total. The highest BCUT2D eigenvalue weighted by molar-refractivity contribution is 6.30. The number of pyridine rings is 1. The second-order valence-corrected chi connectivity index (χ2v) is 5.84. The summed E-state index contributed by atoms with van der Waals surface area (Å²) in [5.74, 6) is -0.409. The summed E-state index contributed by atoms with van der Waals surface area (Å²) in [5, 5.41) is 14.0. The van der Waals surface area contributed by atoms with Gasteiger partial charge in [-0.25, -0.2) is 0 Å². The molecule has 3 aromatic rings. The molecule has 0 aliphatic rings. The van der Waals surface area contributed by atoms with Gasteiger partial charge in [-0.15, -0.1) is 0 Å². The fourth-order valence-corrected chi connectivity index (χ4v) is 2.67. The molecule has 0 aliphatic heterocycles. The van der Waals surface area contributed by atoms with Gasteiger partial charge in [0.25, 0.3) is 5.91 Å². The zero-order chi connectivity index (χ0) is 17.1. The van der Waals surface area contributed by atoms with Gasteiger partial charge in [0.2, 0.25) is 5.56 Å². The Labute approximate surface area is 142 Å². The molecule has 0 aliphatic carbocycles. The topological polar surface area (TPSA) is 82.2 Å². The van der Waals surface area contributed by atoms with Gasteiger partial charge in [-0.05, 0) is 35.9 Å². The van der Waals surface area contributed by atoms with E-state index in [0.717, 1.165) is 5.39 Å². The van der Waals surface area contributed by atoms with Gasteiger partial charge in [0, 0.05) is 34.0 Å². The second-order valence-electron chi connectivity index (χ2n) is 5.40. The Kier molecular flexibility index (Phi) is 4.64. The highest BCUT2D eigenvalue weighted by Crippen LogP contribution is 2.16. The maximum Gasteiger partial charge on any atom is 0.253 e. The van der Waals surface area contributed by atoms with E-state index in [9.17, 15) is 14.7 Å². The Morgan fingerprint density at radius 2 is 1.88 bits per heavy atom. The van der Waals surface area contributed by atoms with Crippen molar-refractivity contribution in [1.29, 1.82) is 0 Å². The van der Waals surface area contributed by atoms with E-state index >= 15 is 0 Å². The molecule has 0 bridgehead atoms. The number of H-pyrrole nitrogens is 1. The molecule has 5 nitrogen and oxygen atoms in total. The van der Waals surface area contributed by atoms with E-state index in [1.165, 1.54) is 6.07 Å². The van der Waals surface area contributed by atoms with Gasteiger partial charge in [-0.2, -0.15) is 0 Å². The number of halogens is 1. The van der Waals surface area contributed by atoms with Crippen molar-refractivity contribution in [3.63, 3.8) is 0 Å². The van der Waals surface area contributed by atoms with E-state index in [4.69, 9.17) is 11.6 Å². The lowest BCUT2D eigenvalue weighted by Gasteiger charge is -2.14. The van der Waals surface area contributed by atoms with E-state index in [-0.39, 0.29) is 12.0 Å². The minimum atomic E-state index is -1.11. The summed E-state index contributed by atoms with van der Waals surface area (Å²) in [7, 11) is 0. The summed E-state index contributed by atoms with van der Waals surface area (Å²) in [6.07, 6.45) is -0.984. The second kappa shape index (κ2) is 6.86. The van der Waals surface area contributed by atoms with Crippen LogP contribution in [0, 0.1) is 0 Å². The number of benzene rings is 2. The van der Waals surface area contributed by atoms with Crippen LogP contribution in [0.2, 0.25) is 5.02 Å². The van der Waals surface area contributed by atoms with Crippen LogP contribution in [0.3, 0.4) is 0 Å². The predicted molar refractivity (Wildman–Crippen MR) is 93.2 cm³/mol. The molecule has 0 radical (unpaired) electrons. The number of aliphatic hydroxyl groups is 1. The van der Waals surface area contributed by atoms with Crippen LogP contribution in [0.5, 0.6) is 0 Å². The largest absolute Gasteiger partial charge is 0.373 e. The van der Waals surface area contributed by atoms with Crippen molar-refractivity contribution in [3.8, 4) is 0 Å². The predicted octanol–water partition coefficient (Wildman–Crippen LogP) is 2.47. The number of hydrogen-bond donors (Lipinski definition) is 3. The van der Waals surface area contributed by atoms with Crippen molar-refractivity contribution < 1.29 is 9.90 Å². The normalized spacial score (nSPS) is 12.1. The van der Waals surface area contributed by atoms with Crippen LogP contribution < -0.4 is 10.9 Å². The molecule has 0 fully saturated rings. The standard InChI is InChI=1S/C18H15ClN2O3/c19-13-7-5-11(6-8-13)18(24)21-17(23)10-12-9-16(22)20-15-4-2-1-3-14(12)15/h1-9,17,23H,10H2,(H,20,22)(H,21,24). The number of carbonyl (C=O) groups excluding carboxylic acids is 1. The SMILES string of the molecule is O=C(NC(O)Cc1cc(=O)[nH]c2ccccc12)c1ccc(Cl)cc1. The average molecular weight is 343 g/mol. The number of carbonyl (C=O) groups is 1. The monoisotopic (exact) mass is 342 g/mol. The first-order valence-electron chi connectivity index (χ1n) is 7.38. The van der Waals surface area contributed by atoms with Crippen molar-refractivity contribution in [2.75, 3.05) is 0 Å². The van der Waals surface area contributed by atoms with Crippen LogP contribution in [0.1, 0.15) is 15.9 Å². The van der Waals surface area contributed by atoms with E-state index in [1.54, 1.807) is 30.3 Å². The highest BCUT2D eigenvalue weighted by Gasteiger charge is 2.13. The summed E-state index contributed by atoms with van der Waals surface area (Å²) in [6, 6.07) is 15.1. The van der Waals surface area contributed by atoms with E-state index < -0.39 is 12.1 Å². The van der Waals surface area contributed by atoms with Gasteiger partial charge in [-0.1, -0.05) is 29.8 Å². The first-order chi connectivity index (χ1) is 11.5. The van der Waals surface area contributed by atoms with E-state index in [1.807, 2.05) is 18.2 Å². The first-order valence-corrected chi connectivity index (χ1v) is 7.76. The minimum absolute atomic E-state index is 0.129. The summed E-state index contributed by atoms with van der Waals surface area (Å²) in [5.41, 5.74) is 1.50. The third-order valence-corrected chi connectivity index (χ3v) is 3.91. The molecule has 0 saturated carbocycles. The molecular formula is C18H15ClN2O3. The maximum atomic E-state index is 12.1. The maximum absolute atomic E-state index is 12.1. The van der Waals surface area contributed by atoms with Gasteiger partial charge in [0.1, 0.15) is 6.23 Å². The summed E-state index contributed by atoms with van der Waals surface area (Å²) in [4.78, 5) is 26.6. The third-order valence-electron chi connectivity index (χ3n) is 3.65. The Bertz CT molecular complexity index is 935. The summed E-state index contributed by atoms with van der Waals surface area (Å²) < 4.78 is 0. The number of amides is 1. The van der Waals surface area contributed by atoms with Crippen LogP contribution in [-0.2, 0) is 6.42 Å². The molecule has 1 amide bonds. The molecule has 1 atom stereocenters. The van der Waals surface area contributed by atoms with Crippen LogP contribution in [-0.4, -0.2) is 22.2 Å². The van der Waals surface area contributed by atoms with Gasteiger partial charge in [0.05, 0.1) is 0 Å². The quantitative estimate of drug-likeness (QED) is 0.637. The zero-order valence-electron chi connectivity index (χ0n) is 12.6. The van der Waals surface area contributed by atoms with Crippen molar-refractivity contribution >= 4 is 28.4 Å². The molecule has 3 rings (SSSR count). The molecule has 1 aromatic heterocycles. The van der Waals surface area contributed by atoms with Gasteiger partial charge in [-0.3, -0.25) is 9.59 Å². The highest BCUT2D eigenvalue weighted by atomic mass is 35.5. The fraction of sp³-hybridized carbons (Fsp3) is 0.111. The number of para-hydroxylation sites is 1. The zero-order valence-corrected chi connectivity index (χ0v) is 13.4. The van der Waals surface area contributed by atoms with Crippen molar-refractivity contribution in [3.05, 3.63) is 81.1 Å². The molecule has 24 heavy (non-hydrogen) atoms. The molecule has 0 saturated heterocycles. The number of rotatable bonds is 4. The van der Waals surface area contributed by atoms with Crippen LogP contribution in [0.4, 0.5) is 0 Å². The molecule has 1 unspecified atom stereocenters. The molecule has 6 heteroatoms. The smallest absolute Gasteiger partial charge is 0.253 e. The number of nitrogens with one attached hydrogen (secondary N) is 2. The van der Waals surface area contributed by atoms with E-state index in [0.29, 0.717) is 21.7 Å². The van der Waals surface area contributed by atoms with E-state index in [2.05, 4.69) is 10.3 Å². The number of hydrogen-bond acceptors (Lipinski definition) is 3. The van der Waals surface area contributed by atoms with Gasteiger partial charge < -0.3 is 15.4 Å². The number of aliphatic hydroxyl groups excluding tert-OH is 1. The number of fused-ring (bicyclic) bond motifs is 1. The Morgan fingerprint density at radius 1 is 1.17 bits per heavy atom. The van der Waals surface area contributed by atoms with Gasteiger partial charge in [0.15, 0.2) is 0 Å². The van der Waals surface area contributed by atoms with Gasteiger partial charge >= 0.3 is 0 Å². The lowest BCUT2D eigenvalue weighted by molar-refractivity contribution is 0.0786. The Morgan fingerprint density at radius 3 is 2.62 bits per heavy atom. The average Bonchev–Trinajstić information content (AvgIpc) is 2.55. The molecular weight excluding hydrogens is 328 g/mol. The van der Waals surface area contributed by atoms with Crippen LogP contribution in [0.25, 0.3) is 10.9 Å². The third kappa shape index (κ3) is 3.64. The molecule has 2 aromatic carbocycles. The molecule has 1 heterocycles. The Hall–Kier alpha value is -2.63. The summed E-state index contributed by atoms with van der Waals surface area (Å²) >= 11 is 5.79. The fourth-order valence-electron chi connectivity index (χ4n) is 2.54. The minimum Gasteiger partial charge on any atom is -0.373 e. The lowest BCUT2D eigenvalue weighted by Crippen LogP contribution is -2.36. The summed E-state index contributed by atoms with van der Waals surface area (Å²) in [6.45, 7) is 0. The van der Waals surface area contributed by atoms with Crippen molar-refractivity contribution in [2.45, 2.75) is 12.6 Å².